The zero-order chi connectivity index (χ0) is 14.7. The third-order valence-electron chi connectivity index (χ3n) is 3.78. The summed E-state index contributed by atoms with van der Waals surface area (Å²) in [5.41, 5.74) is 2.41. The van der Waals surface area contributed by atoms with E-state index in [4.69, 9.17) is 4.74 Å². The minimum Gasteiger partial charge on any atom is -0.394 e. The van der Waals surface area contributed by atoms with Gasteiger partial charge in [0.05, 0.1) is 18.8 Å². The molecule has 0 amide bonds. The molecule has 0 aliphatic carbocycles. The molecule has 1 aliphatic heterocycles. The van der Waals surface area contributed by atoms with E-state index in [2.05, 4.69) is 51.3 Å². The second kappa shape index (κ2) is 6.89. The molecule has 0 aromatic heterocycles. The van der Waals surface area contributed by atoms with Crippen LogP contribution in [0.5, 0.6) is 0 Å². The normalized spacial score (nSPS) is 24.8. The van der Waals surface area contributed by atoms with Crippen molar-refractivity contribution in [1.29, 1.82) is 0 Å². The van der Waals surface area contributed by atoms with Crippen molar-refractivity contribution >= 4 is 21.6 Å². The number of nitrogens with one attached hydrogen (secondary N) is 1. The molecule has 2 N–H and O–H groups in total. The van der Waals surface area contributed by atoms with Crippen molar-refractivity contribution in [3.8, 4) is 0 Å². The maximum Gasteiger partial charge on any atom is 0.0984 e. The number of nitrogens with zero attached hydrogens (tertiary/aromatic N) is 1. The fourth-order valence-corrected chi connectivity index (χ4v) is 3.29. The van der Waals surface area contributed by atoms with E-state index in [-0.39, 0.29) is 18.8 Å². The summed E-state index contributed by atoms with van der Waals surface area (Å²) in [7, 11) is 1.96. The van der Waals surface area contributed by atoms with Gasteiger partial charge >= 0.3 is 0 Å². The molecule has 3 atom stereocenters. The predicted octanol–water partition coefficient (Wildman–Crippen LogP) is 2.32. The van der Waals surface area contributed by atoms with E-state index in [1.165, 1.54) is 5.56 Å². The predicted molar refractivity (Wildman–Crippen MR) is 85.3 cm³/mol. The van der Waals surface area contributed by atoms with Gasteiger partial charge in [0.2, 0.25) is 0 Å². The summed E-state index contributed by atoms with van der Waals surface area (Å²) in [4.78, 5) is 2.27. The van der Waals surface area contributed by atoms with Crippen LogP contribution in [-0.2, 0) is 4.74 Å². The fraction of sp³-hybridized carbons (Fsp3) is 0.600. The Labute approximate surface area is 129 Å². The van der Waals surface area contributed by atoms with Gasteiger partial charge in [-0.3, -0.25) is 0 Å². The Hall–Kier alpha value is -0.620. The summed E-state index contributed by atoms with van der Waals surface area (Å²) < 4.78 is 6.79. The van der Waals surface area contributed by atoms with Gasteiger partial charge in [0.25, 0.3) is 0 Å². The van der Waals surface area contributed by atoms with Crippen molar-refractivity contribution in [3.05, 3.63) is 28.2 Å². The highest BCUT2D eigenvalue weighted by Gasteiger charge is 2.25. The van der Waals surface area contributed by atoms with Crippen molar-refractivity contribution in [2.24, 2.45) is 0 Å². The van der Waals surface area contributed by atoms with Crippen LogP contribution in [0.1, 0.15) is 25.5 Å². The number of ether oxygens (including phenoxy) is 1. The highest BCUT2D eigenvalue weighted by molar-refractivity contribution is 9.10. The van der Waals surface area contributed by atoms with Gasteiger partial charge < -0.3 is 20.1 Å². The summed E-state index contributed by atoms with van der Waals surface area (Å²) in [6, 6.07) is 6.75. The van der Waals surface area contributed by atoms with Crippen LogP contribution in [0.4, 0.5) is 5.69 Å². The minimum atomic E-state index is -0.103. The first-order valence-electron chi connectivity index (χ1n) is 7.03. The zero-order valence-corrected chi connectivity index (χ0v) is 13.9. The number of benzene rings is 1. The Morgan fingerprint density at radius 3 is 2.85 bits per heavy atom. The lowest BCUT2D eigenvalue weighted by molar-refractivity contribution is -0.0421. The topological polar surface area (TPSA) is 44.7 Å². The second-order valence-electron chi connectivity index (χ2n) is 5.37. The highest BCUT2D eigenvalue weighted by atomic mass is 79.9. The molecule has 1 heterocycles. The SMILES string of the molecule is CNC(C)c1ccc(N2CC(C)OC(CO)C2)cc1Br. The van der Waals surface area contributed by atoms with E-state index in [1.54, 1.807) is 0 Å². The molecule has 1 fully saturated rings. The molecule has 0 saturated carbocycles. The molecule has 3 unspecified atom stereocenters. The molecule has 5 heteroatoms. The average molecular weight is 343 g/mol. The lowest BCUT2D eigenvalue weighted by Crippen LogP contribution is -2.48. The van der Waals surface area contributed by atoms with E-state index < -0.39 is 0 Å². The van der Waals surface area contributed by atoms with Gasteiger partial charge in [0.1, 0.15) is 0 Å². The molecule has 112 valence electrons. The number of rotatable bonds is 4. The Morgan fingerprint density at radius 2 is 2.25 bits per heavy atom. The number of anilines is 1. The number of morpholine rings is 1. The van der Waals surface area contributed by atoms with Gasteiger partial charge in [-0.25, -0.2) is 0 Å². The maximum atomic E-state index is 9.31. The number of hydrogen-bond acceptors (Lipinski definition) is 4. The van der Waals surface area contributed by atoms with Crippen molar-refractivity contribution in [1.82, 2.24) is 5.32 Å². The number of hydrogen-bond donors (Lipinski definition) is 2. The molecule has 2 rings (SSSR count). The third kappa shape index (κ3) is 3.52. The molecule has 20 heavy (non-hydrogen) atoms. The molecule has 0 radical (unpaired) electrons. The van der Waals surface area contributed by atoms with Gasteiger partial charge in [-0.1, -0.05) is 22.0 Å². The van der Waals surface area contributed by atoms with Gasteiger partial charge in [-0.15, -0.1) is 0 Å². The van der Waals surface area contributed by atoms with E-state index in [9.17, 15) is 5.11 Å². The zero-order valence-electron chi connectivity index (χ0n) is 12.3. The van der Waals surface area contributed by atoms with Crippen LogP contribution in [0.25, 0.3) is 0 Å². The van der Waals surface area contributed by atoms with Crippen LogP contribution in [-0.4, -0.2) is 44.1 Å². The molecular weight excluding hydrogens is 320 g/mol. The van der Waals surface area contributed by atoms with Crippen LogP contribution in [0.15, 0.2) is 22.7 Å². The maximum absolute atomic E-state index is 9.31. The number of aliphatic hydroxyl groups excluding tert-OH is 1. The van der Waals surface area contributed by atoms with Crippen LogP contribution in [0.2, 0.25) is 0 Å². The van der Waals surface area contributed by atoms with E-state index in [0.29, 0.717) is 6.04 Å². The molecular formula is C15H23BrN2O2. The number of halogens is 1. The van der Waals surface area contributed by atoms with Gasteiger partial charge in [0, 0.05) is 29.3 Å². The Balaban J connectivity index is 2.18. The van der Waals surface area contributed by atoms with E-state index in [0.717, 1.165) is 23.2 Å². The third-order valence-corrected chi connectivity index (χ3v) is 4.47. The minimum absolute atomic E-state index is 0.0664. The molecule has 4 nitrogen and oxygen atoms in total. The van der Waals surface area contributed by atoms with E-state index >= 15 is 0 Å². The Bertz CT molecular complexity index is 455. The lowest BCUT2D eigenvalue weighted by Gasteiger charge is -2.37. The van der Waals surface area contributed by atoms with Crippen LogP contribution in [0.3, 0.4) is 0 Å². The van der Waals surface area contributed by atoms with Gasteiger partial charge in [-0.2, -0.15) is 0 Å². The molecule has 1 aliphatic rings. The lowest BCUT2D eigenvalue weighted by atomic mass is 10.1. The first-order valence-corrected chi connectivity index (χ1v) is 7.82. The molecule has 1 aromatic rings. The van der Waals surface area contributed by atoms with Crippen LogP contribution in [0, 0.1) is 0 Å². The monoisotopic (exact) mass is 342 g/mol. The van der Waals surface area contributed by atoms with Crippen molar-refractivity contribution < 1.29 is 9.84 Å². The summed E-state index contributed by atoms with van der Waals surface area (Å²) in [6.45, 7) is 5.83. The fourth-order valence-electron chi connectivity index (χ4n) is 2.58. The van der Waals surface area contributed by atoms with Gasteiger partial charge in [-0.05, 0) is 38.6 Å². The van der Waals surface area contributed by atoms with Crippen LogP contribution < -0.4 is 10.2 Å². The summed E-state index contributed by atoms with van der Waals surface area (Å²) in [6.07, 6.45) is 0.0315. The summed E-state index contributed by atoms with van der Waals surface area (Å²) in [5.74, 6) is 0. The van der Waals surface area contributed by atoms with Gasteiger partial charge in [0.15, 0.2) is 0 Å². The van der Waals surface area contributed by atoms with Crippen molar-refractivity contribution in [2.75, 3.05) is 31.6 Å². The van der Waals surface area contributed by atoms with Crippen molar-refractivity contribution in [3.63, 3.8) is 0 Å². The largest absolute Gasteiger partial charge is 0.394 e. The summed E-state index contributed by atoms with van der Waals surface area (Å²) in [5, 5.41) is 12.6. The van der Waals surface area contributed by atoms with Crippen molar-refractivity contribution in [2.45, 2.75) is 32.1 Å². The second-order valence-corrected chi connectivity index (χ2v) is 6.23. The smallest absolute Gasteiger partial charge is 0.0984 e. The molecule has 1 saturated heterocycles. The average Bonchev–Trinajstić information content (AvgIpc) is 2.45. The molecule has 0 spiro atoms. The summed E-state index contributed by atoms with van der Waals surface area (Å²) >= 11 is 3.66. The quantitative estimate of drug-likeness (QED) is 0.881. The first kappa shape index (κ1) is 15.8. The Morgan fingerprint density at radius 1 is 1.50 bits per heavy atom. The highest BCUT2D eigenvalue weighted by Crippen LogP contribution is 2.29. The molecule has 0 bridgehead atoms. The van der Waals surface area contributed by atoms with E-state index in [1.807, 2.05) is 14.0 Å². The molecule has 1 aromatic carbocycles. The van der Waals surface area contributed by atoms with Crippen LogP contribution >= 0.6 is 15.9 Å². The standard InChI is InChI=1S/C15H23BrN2O2/c1-10-7-18(8-13(9-19)20-10)12-4-5-14(11(2)17-3)15(16)6-12/h4-6,10-11,13,17,19H,7-9H2,1-3H3. The first-order chi connectivity index (χ1) is 9.55. The Kier molecular flexibility index (Phi) is 5.43. The number of aliphatic hydroxyl groups is 1.